The van der Waals surface area contributed by atoms with Crippen molar-refractivity contribution in [3.8, 4) is 0 Å². The predicted octanol–water partition coefficient (Wildman–Crippen LogP) is 3.39. The van der Waals surface area contributed by atoms with E-state index in [0.717, 1.165) is 51.4 Å². The van der Waals surface area contributed by atoms with Crippen molar-refractivity contribution in [2.75, 3.05) is 13.2 Å². The van der Waals surface area contributed by atoms with Crippen LogP contribution in [0.2, 0.25) is 0 Å². The van der Waals surface area contributed by atoms with Crippen LogP contribution in [0.15, 0.2) is 12.2 Å². The molecule has 0 amide bonds. The Bertz CT molecular complexity index is 538. The number of ether oxygens (including phenoxy) is 3. The van der Waals surface area contributed by atoms with Crippen molar-refractivity contribution in [3.63, 3.8) is 0 Å². The molecule has 7 nitrogen and oxygen atoms in total. The maximum absolute atomic E-state index is 12.0. The molecule has 0 aromatic rings. The quantitative estimate of drug-likeness (QED) is 0.146. The van der Waals surface area contributed by atoms with Crippen molar-refractivity contribution in [2.24, 2.45) is 0 Å². The first kappa shape index (κ1) is 26.3. The number of fused-ring (bicyclic) bond motifs is 1. The van der Waals surface area contributed by atoms with Crippen molar-refractivity contribution < 1.29 is 34.3 Å². The monoisotopic (exact) mass is 442 g/mol. The fraction of sp³-hybridized carbons (Fsp3) is 0.875. The molecule has 0 aliphatic carbocycles. The summed E-state index contributed by atoms with van der Waals surface area (Å²) in [7, 11) is 0. The fourth-order valence-corrected chi connectivity index (χ4v) is 4.17. The lowest BCUT2D eigenvalue weighted by Gasteiger charge is -2.26. The number of rotatable bonds is 16. The van der Waals surface area contributed by atoms with E-state index in [1.807, 2.05) is 0 Å². The number of unbranched alkanes of at least 4 members (excludes halogenated alkanes) is 8. The number of allylic oxidation sites excluding steroid dienone is 1. The van der Waals surface area contributed by atoms with Crippen molar-refractivity contribution in [3.05, 3.63) is 12.2 Å². The smallest absolute Gasteiger partial charge is 0.308 e. The van der Waals surface area contributed by atoms with E-state index in [1.165, 1.54) is 19.3 Å². The van der Waals surface area contributed by atoms with E-state index < -0.39 is 30.1 Å². The Balaban J connectivity index is 1.43. The molecule has 0 bridgehead atoms. The molecule has 2 aliphatic heterocycles. The highest BCUT2D eigenvalue weighted by Gasteiger charge is 2.58. The summed E-state index contributed by atoms with van der Waals surface area (Å²) in [5.74, 6) is -2.26. The summed E-state index contributed by atoms with van der Waals surface area (Å²) >= 11 is 0. The number of carbonyl (C=O) groups excluding carboxylic acids is 1. The maximum Gasteiger partial charge on any atom is 0.308 e. The second kappa shape index (κ2) is 14.2. The molecular weight excluding hydrogens is 400 g/mol. The van der Waals surface area contributed by atoms with Gasteiger partial charge in [0.15, 0.2) is 6.10 Å². The number of carbonyl (C=O) groups is 1. The molecule has 0 aromatic carbocycles. The second-order valence-electron chi connectivity index (χ2n) is 8.93. The third-order valence-corrected chi connectivity index (χ3v) is 6.06. The Labute approximate surface area is 186 Å². The van der Waals surface area contributed by atoms with Gasteiger partial charge in [0.05, 0.1) is 12.7 Å². The van der Waals surface area contributed by atoms with Crippen molar-refractivity contribution in [1.82, 2.24) is 0 Å². The largest absolute Gasteiger partial charge is 0.428 e. The first-order valence-electron chi connectivity index (χ1n) is 12.1. The molecule has 31 heavy (non-hydrogen) atoms. The first-order valence-corrected chi connectivity index (χ1v) is 12.1. The molecule has 0 radical (unpaired) electrons. The van der Waals surface area contributed by atoms with Crippen LogP contribution in [0, 0.1) is 0 Å². The zero-order valence-electron chi connectivity index (χ0n) is 19.0. The van der Waals surface area contributed by atoms with Crippen LogP contribution in [0.25, 0.3) is 0 Å². The van der Waals surface area contributed by atoms with Gasteiger partial charge in [-0.15, -0.1) is 0 Å². The molecule has 2 fully saturated rings. The van der Waals surface area contributed by atoms with E-state index in [0.29, 0.717) is 6.42 Å². The minimum atomic E-state index is -1.80. The SMILES string of the molecule is CCCCCC[C@@H](O)C/C=C\CCCCCCCC(=O)O[C@@]1(O)CO[C@@H]2[C@H](O)CO[C@@H]21. The lowest BCUT2D eigenvalue weighted by Crippen LogP contribution is -2.47. The van der Waals surface area contributed by atoms with Gasteiger partial charge in [0.25, 0.3) is 5.79 Å². The van der Waals surface area contributed by atoms with Crippen molar-refractivity contribution in [1.29, 1.82) is 0 Å². The molecule has 2 rings (SSSR count). The van der Waals surface area contributed by atoms with Gasteiger partial charge in [-0.05, 0) is 32.1 Å². The highest BCUT2D eigenvalue weighted by molar-refractivity contribution is 5.69. The van der Waals surface area contributed by atoms with Crippen LogP contribution in [-0.2, 0) is 19.0 Å². The van der Waals surface area contributed by atoms with Crippen LogP contribution in [0.5, 0.6) is 0 Å². The molecule has 2 heterocycles. The topological polar surface area (TPSA) is 105 Å². The summed E-state index contributed by atoms with van der Waals surface area (Å²) in [6.45, 7) is 2.09. The molecule has 2 saturated heterocycles. The molecule has 7 heteroatoms. The summed E-state index contributed by atoms with van der Waals surface area (Å²) in [6.07, 6.45) is 14.4. The van der Waals surface area contributed by atoms with E-state index in [9.17, 15) is 20.1 Å². The molecule has 5 atom stereocenters. The third-order valence-electron chi connectivity index (χ3n) is 6.06. The third kappa shape index (κ3) is 9.18. The van der Waals surface area contributed by atoms with Gasteiger partial charge < -0.3 is 29.5 Å². The van der Waals surface area contributed by atoms with Gasteiger partial charge in [0.2, 0.25) is 0 Å². The van der Waals surface area contributed by atoms with E-state index >= 15 is 0 Å². The molecule has 0 unspecified atom stereocenters. The summed E-state index contributed by atoms with van der Waals surface area (Å²) in [6, 6.07) is 0. The van der Waals surface area contributed by atoms with E-state index in [1.54, 1.807) is 0 Å². The number of hydrogen-bond acceptors (Lipinski definition) is 7. The first-order chi connectivity index (χ1) is 15.0. The zero-order chi connectivity index (χ0) is 22.5. The van der Waals surface area contributed by atoms with Gasteiger partial charge in [-0.25, -0.2) is 0 Å². The molecule has 2 aliphatic rings. The average Bonchev–Trinajstić information content (AvgIpc) is 3.27. The zero-order valence-corrected chi connectivity index (χ0v) is 19.0. The molecule has 0 saturated carbocycles. The summed E-state index contributed by atoms with van der Waals surface area (Å²) in [5, 5.41) is 30.1. The summed E-state index contributed by atoms with van der Waals surface area (Å²) < 4.78 is 15.9. The molecule has 0 aromatic heterocycles. The van der Waals surface area contributed by atoms with Gasteiger partial charge in [-0.3, -0.25) is 4.79 Å². The summed E-state index contributed by atoms with van der Waals surface area (Å²) in [4.78, 5) is 12.0. The Morgan fingerprint density at radius 1 is 1.10 bits per heavy atom. The number of aliphatic hydroxyl groups excluding tert-OH is 2. The highest BCUT2D eigenvalue weighted by Crippen LogP contribution is 2.35. The standard InChI is InChI=1S/C24H42O7/c1-2-3-4-11-14-19(25)15-12-9-7-5-6-8-10-13-16-21(27)31-24(28)18-30-22-20(26)17-29-23(22)24/h9,12,19-20,22-23,25-26,28H,2-8,10-11,13-18H2,1H3/b12-9-/t19-,20-,22-,23+,24+/m1/s1. The Hall–Kier alpha value is -0.990. The normalized spacial score (nSPS) is 28.8. The highest BCUT2D eigenvalue weighted by atomic mass is 16.7. The fourth-order valence-electron chi connectivity index (χ4n) is 4.17. The Kier molecular flexibility index (Phi) is 12.0. The van der Waals surface area contributed by atoms with E-state index in [4.69, 9.17) is 14.2 Å². The van der Waals surface area contributed by atoms with E-state index in [2.05, 4.69) is 19.1 Å². The van der Waals surface area contributed by atoms with Gasteiger partial charge >= 0.3 is 5.97 Å². The van der Waals surface area contributed by atoms with Crippen molar-refractivity contribution >= 4 is 5.97 Å². The molecule has 3 N–H and O–H groups in total. The second-order valence-corrected chi connectivity index (χ2v) is 8.93. The van der Waals surface area contributed by atoms with Crippen LogP contribution in [-0.4, -0.2) is 64.7 Å². The van der Waals surface area contributed by atoms with Crippen LogP contribution < -0.4 is 0 Å². The maximum atomic E-state index is 12.0. The lowest BCUT2D eigenvalue weighted by atomic mass is 10.1. The van der Waals surface area contributed by atoms with Crippen LogP contribution in [0.3, 0.4) is 0 Å². The Morgan fingerprint density at radius 3 is 2.65 bits per heavy atom. The Morgan fingerprint density at radius 2 is 1.84 bits per heavy atom. The number of esters is 1. The predicted molar refractivity (Wildman–Crippen MR) is 117 cm³/mol. The average molecular weight is 443 g/mol. The lowest BCUT2D eigenvalue weighted by molar-refractivity contribution is -0.237. The van der Waals surface area contributed by atoms with Gasteiger partial charge in [-0.2, -0.15) is 0 Å². The number of hydrogen-bond donors (Lipinski definition) is 3. The van der Waals surface area contributed by atoms with Crippen LogP contribution >= 0.6 is 0 Å². The van der Waals surface area contributed by atoms with Crippen LogP contribution in [0.1, 0.15) is 90.4 Å². The number of aliphatic hydroxyl groups is 3. The molecule has 180 valence electrons. The van der Waals surface area contributed by atoms with Gasteiger partial charge in [0, 0.05) is 6.42 Å². The van der Waals surface area contributed by atoms with Crippen molar-refractivity contribution in [2.45, 2.75) is 121 Å². The van der Waals surface area contributed by atoms with E-state index in [-0.39, 0.29) is 25.7 Å². The summed E-state index contributed by atoms with van der Waals surface area (Å²) in [5.41, 5.74) is 0. The van der Waals surface area contributed by atoms with Crippen LogP contribution in [0.4, 0.5) is 0 Å². The van der Waals surface area contributed by atoms with Gasteiger partial charge in [0.1, 0.15) is 18.8 Å². The minimum Gasteiger partial charge on any atom is -0.428 e. The molecular formula is C24H42O7. The van der Waals surface area contributed by atoms with Gasteiger partial charge in [-0.1, -0.05) is 64.0 Å². The minimum absolute atomic E-state index is 0.0734. The molecule has 0 spiro atoms.